The van der Waals surface area contributed by atoms with Gasteiger partial charge in [0, 0.05) is 23.3 Å². The number of nitriles is 2. The molecule has 1 aromatic heterocycles. The Morgan fingerprint density at radius 3 is 2.24 bits per heavy atom. The number of hydrogen-bond acceptors (Lipinski definition) is 5. The highest BCUT2D eigenvalue weighted by molar-refractivity contribution is 5.83. The van der Waals surface area contributed by atoms with Crippen molar-refractivity contribution in [3.8, 4) is 29.0 Å². The number of nitrogens with two attached hydrogens (primary N) is 1. The quantitative estimate of drug-likeness (QED) is 0.702. The molecule has 3 N–H and O–H groups in total. The topological polar surface area (TPSA) is 116 Å². The van der Waals surface area contributed by atoms with Gasteiger partial charge in [-0.2, -0.15) is 10.5 Å². The molecule has 0 radical (unpaired) electrons. The number of H-pyrrole nitrogens is 1. The van der Waals surface area contributed by atoms with Gasteiger partial charge in [0.2, 0.25) is 0 Å². The average Bonchev–Trinajstić information content (AvgIpc) is 2.65. The normalized spacial score (nSPS) is 10.2. The molecule has 0 aliphatic carbocycles. The zero-order chi connectivity index (χ0) is 21.1. The monoisotopic (exact) mass is 396 g/mol. The number of anilines is 1. The van der Waals surface area contributed by atoms with Crippen LogP contribution in [0.2, 0.25) is 0 Å². The van der Waals surface area contributed by atoms with Crippen molar-refractivity contribution in [2.75, 3.05) is 5.73 Å². The molecule has 0 unspecified atom stereocenters. The Morgan fingerprint density at radius 2 is 1.62 bits per heavy atom. The van der Waals surface area contributed by atoms with E-state index in [-0.39, 0.29) is 40.4 Å². The van der Waals surface area contributed by atoms with Gasteiger partial charge in [0.25, 0.3) is 5.56 Å². The number of pyridine rings is 1. The number of hydrogen-bond donors (Lipinski definition) is 2. The molecule has 2 aromatic carbocycles. The largest absolute Gasteiger partial charge is 0.488 e. The number of ether oxygens (including phenoxy) is 1. The number of benzene rings is 2. The lowest BCUT2D eigenvalue weighted by molar-refractivity contribution is 0.304. The summed E-state index contributed by atoms with van der Waals surface area (Å²) >= 11 is 0. The SMILES string of the molecule is N#Cc1c(N)[nH]c(=O)c(C#N)c1-c1ccc(F)cc1OCc1cc(F)cc(F)c1. The van der Waals surface area contributed by atoms with Crippen molar-refractivity contribution in [3.05, 3.63) is 80.9 Å². The summed E-state index contributed by atoms with van der Waals surface area (Å²) in [6.07, 6.45) is 0. The molecule has 3 aromatic rings. The van der Waals surface area contributed by atoms with E-state index in [2.05, 4.69) is 4.98 Å². The zero-order valence-electron chi connectivity index (χ0n) is 14.6. The Morgan fingerprint density at radius 1 is 0.966 bits per heavy atom. The smallest absolute Gasteiger partial charge is 0.268 e. The van der Waals surface area contributed by atoms with E-state index in [4.69, 9.17) is 10.5 Å². The first-order valence-corrected chi connectivity index (χ1v) is 8.07. The Labute approximate surface area is 162 Å². The van der Waals surface area contributed by atoms with Gasteiger partial charge in [0.1, 0.15) is 58.9 Å². The van der Waals surface area contributed by atoms with Crippen LogP contribution in [0.25, 0.3) is 11.1 Å². The molecule has 0 aliphatic rings. The first-order valence-electron chi connectivity index (χ1n) is 8.07. The van der Waals surface area contributed by atoms with Crippen molar-refractivity contribution in [3.63, 3.8) is 0 Å². The van der Waals surface area contributed by atoms with Crippen LogP contribution in [0.5, 0.6) is 5.75 Å². The van der Waals surface area contributed by atoms with Crippen LogP contribution in [-0.2, 0) is 6.61 Å². The first-order chi connectivity index (χ1) is 13.8. The minimum atomic E-state index is -0.832. The van der Waals surface area contributed by atoms with Gasteiger partial charge < -0.3 is 15.5 Å². The van der Waals surface area contributed by atoms with E-state index < -0.39 is 28.6 Å². The molecule has 1 heterocycles. The molecule has 144 valence electrons. The van der Waals surface area contributed by atoms with Gasteiger partial charge in [-0.15, -0.1) is 0 Å². The fourth-order valence-electron chi connectivity index (χ4n) is 2.79. The average molecular weight is 396 g/mol. The third-order valence-corrected chi connectivity index (χ3v) is 4.00. The molecule has 3 rings (SSSR count). The molecule has 0 atom stereocenters. The third-order valence-electron chi connectivity index (χ3n) is 4.00. The summed E-state index contributed by atoms with van der Waals surface area (Å²) in [6.45, 7) is -0.340. The molecule has 0 bridgehead atoms. The van der Waals surface area contributed by atoms with Crippen LogP contribution in [0.15, 0.2) is 41.2 Å². The molecule has 29 heavy (non-hydrogen) atoms. The van der Waals surface area contributed by atoms with Crippen LogP contribution < -0.4 is 16.0 Å². The maximum absolute atomic E-state index is 13.8. The van der Waals surface area contributed by atoms with E-state index in [1.165, 1.54) is 6.07 Å². The molecule has 6 nitrogen and oxygen atoms in total. The van der Waals surface area contributed by atoms with Gasteiger partial charge >= 0.3 is 0 Å². The number of nitrogens with zero attached hydrogens (tertiary/aromatic N) is 2. The molecule has 0 spiro atoms. The summed E-state index contributed by atoms with van der Waals surface area (Å²) in [6, 6.07) is 9.48. The van der Waals surface area contributed by atoms with E-state index >= 15 is 0 Å². The van der Waals surface area contributed by atoms with Gasteiger partial charge in [0.15, 0.2) is 0 Å². The maximum Gasteiger partial charge on any atom is 0.268 e. The predicted molar refractivity (Wildman–Crippen MR) is 97.0 cm³/mol. The van der Waals surface area contributed by atoms with Gasteiger partial charge in [-0.1, -0.05) is 0 Å². The van der Waals surface area contributed by atoms with Crippen LogP contribution in [0.3, 0.4) is 0 Å². The van der Waals surface area contributed by atoms with Gasteiger partial charge in [0.05, 0.1) is 0 Å². The van der Waals surface area contributed by atoms with E-state index in [0.717, 1.165) is 24.3 Å². The van der Waals surface area contributed by atoms with Crippen LogP contribution in [0.1, 0.15) is 16.7 Å². The second kappa shape index (κ2) is 7.79. The van der Waals surface area contributed by atoms with Crippen molar-refractivity contribution in [1.82, 2.24) is 4.98 Å². The number of aromatic nitrogens is 1. The van der Waals surface area contributed by atoms with E-state index in [9.17, 15) is 28.5 Å². The van der Waals surface area contributed by atoms with Gasteiger partial charge in [-0.05, 0) is 29.8 Å². The molecule has 0 amide bonds. The molecule has 0 fully saturated rings. The Kier molecular flexibility index (Phi) is 5.24. The molecule has 0 saturated heterocycles. The van der Waals surface area contributed by atoms with Crippen molar-refractivity contribution in [2.45, 2.75) is 6.61 Å². The summed E-state index contributed by atoms with van der Waals surface area (Å²) in [5.74, 6) is -2.75. The second-order valence-corrected chi connectivity index (χ2v) is 5.92. The highest BCUT2D eigenvalue weighted by Gasteiger charge is 2.21. The van der Waals surface area contributed by atoms with E-state index in [0.29, 0.717) is 6.07 Å². The molecule has 9 heteroatoms. The van der Waals surface area contributed by atoms with Crippen molar-refractivity contribution in [2.24, 2.45) is 0 Å². The van der Waals surface area contributed by atoms with Gasteiger partial charge in [-0.25, -0.2) is 13.2 Å². The fourth-order valence-corrected chi connectivity index (χ4v) is 2.79. The lowest BCUT2D eigenvalue weighted by Crippen LogP contribution is -2.16. The Bertz CT molecular complexity index is 1240. The first kappa shape index (κ1) is 19.5. The highest BCUT2D eigenvalue weighted by atomic mass is 19.1. The van der Waals surface area contributed by atoms with E-state index in [1.807, 2.05) is 0 Å². The Balaban J connectivity index is 2.15. The zero-order valence-corrected chi connectivity index (χ0v) is 14.6. The molecule has 0 aliphatic heterocycles. The van der Waals surface area contributed by atoms with Crippen LogP contribution in [-0.4, -0.2) is 4.98 Å². The highest BCUT2D eigenvalue weighted by Crippen LogP contribution is 2.36. The van der Waals surface area contributed by atoms with Crippen LogP contribution in [0.4, 0.5) is 19.0 Å². The summed E-state index contributed by atoms with van der Waals surface area (Å²) in [5, 5.41) is 18.8. The molecular formula is C20H11F3N4O2. The minimum Gasteiger partial charge on any atom is -0.488 e. The number of halogens is 3. The maximum atomic E-state index is 13.8. The number of nitrogen functional groups attached to an aromatic ring is 1. The number of rotatable bonds is 4. The standard InChI is InChI=1S/C20H11F3N4O2/c21-11-1-2-14(18-15(7-24)19(26)27-20(28)16(18)8-25)17(6-11)29-9-10-3-12(22)5-13(23)4-10/h1-6H,9H2,(H3,26,27,28). The lowest BCUT2D eigenvalue weighted by Gasteiger charge is -2.15. The number of nitrogens with one attached hydrogen (secondary N) is 1. The predicted octanol–water partition coefficient (Wildman–Crippen LogP) is 3.36. The number of aromatic amines is 1. The Hall–Kier alpha value is -4.24. The fraction of sp³-hybridized carbons (Fsp3) is 0.0500. The second-order valence-electron chi connectivity index (χ2n) is 5.92. The molecule has 0 saturated carbocycles. The van der Waals surface area contributed by atoms with Crippen LogP contribution in [0, 0.1) is 40.1 Å². The van der Waals surface area contributed by atoms with Gasteiger partial charge in [-0.3, -0.25) is 4.79 Å². The minimum absolute atomic E-state index is 0.0502. The summed E-state index contributed by atoms with van der Waals surface area (Å²) in [7, 11) is 0. The van der Waals surface area contributed by atoms with E-state index in [1.54, 1.807) is 12.1 Å². The summed E-state index contributed by atoms with van der Waals surface area (Å²) in [5.41, 5.74) is 4.29. The summed E-state index contributed by atoms with van der Waals surface area (Å²) in [4.78, 5) is 14.3. The third kappa shape index (κ3) is 3.89. The van der Waals surface area contributed by atoms with Crippen LogP contribution >= 0.6 is 0 Å². The molecular weight excluding hydrogens is 385 g/mol. The summed E-state index contributed by atoms with van der Waals surface area (Å²) < 4.78 is 46.1. The van der Waals surface area contributed by atoms with Crippen molar-refractivity contribution >= 4 is 5.82 Å². The van der Waals surface area contributed by atoms with Crippen molar-refractivity contribution in [1.29, 1.82) is 10.5 Å². The lowest BCUT2D eigenvalue weighted by atomic mass is 9.96. The van der Waals surface area contributed by atoms with Crippen molar-refractivity contribution < 1.29 is 17.9 Å².